The standard InChI is InChI=1S/C8H17NO/c1-10-5-4-8(9)6-7-2-3-7/h7-8H,2-6,9H2,1H3. The Hall–Kier alpha value is -0.0800. The van der Waals surface area contributed by atoms with Crippen molar-refractivity contribution in [2.24, 2.45) is 11.7 Å². The minimum absolute atomic E-state index is 0.382. The van der Waals surface area contributed by atoms with Crippen LogP contribution in [0.15, 0.2) is 0 Å². The fourth-order valence-electron chi connectivity index (χ4n) is 1.17. The molecular weight excluding hydrogens is 126 g/mol. The van der Waals surface area contributed by atoms with Gasteiger partial charge in [0.25, 0.3) is 0 Å². The van der Waals surface area contributed by atoms with E-state index in [2.05, 4.69) is 0 Å². The highest BCUT2D eigenvalue weighted by Crippen LogP contribution is 2.33. The maximum atomic E-state index is 5.82. The zero-order valence-corrected chi connectivity index (χ0v) is 6.68. The molecule has 0 aromatic rings. The Morgan fingerprint density at radius 2 is 2.30 bits per heavy atom. The van der Waals surface area contributed by atoms with Gasteiger partial charge in [-0.2, -0.15) is 0 Å². The molecule has 0 heterocycles. The van der Waals surface area contributed by atoms with E-state index in [9.17, 15) is 0 Å². The summed E-state index contributed by atoms with van der Waals surface area (Å²) in [7, 11) is 1.73. The third-order valence-corrected chi connectivity index (χ3v) is 2.03. The Labute approximate surface area is 62.7 Å². The first kappa shape index (κ1) is 8.02. The summed E-state index contributed by atoms with van der Waals surface area (Å²) in [6.45, 7) is 0.813. The van der Waals surface area contributed by atoms with Gasteiger partial charge in [0.05, 0.1) is 0 Å². The van der Waals surface area contributed by atoms with Gasteiger partial charge in [-0.05, 0) is 18.8 Å². The van der Waals surface area contributed by atoms with E-state index in [1.54, 1.807) is 7.11 Å². The number of rotatable bonds is 5. The minimum atomic E-state index is 0.382. The first-order valence-corrected chi connectivity index (χ1v) is 4.07. The number of nitrogens with two attached hydrogens (primary N) is 1. The van der Waals surface area contributed by atoms with Crippen LogP contribution in [0, 0.1) is 5.92 Å². The largest absolute Gasteiger partial charge is 0.385 e. The molecular formula is C8H17NO. The average molecular weight is 143 g/mol. The predicted molar refractivity (Wildman–Crippen MR) is 41.8 cm³/mol. The molecule has 0 radical (unpaired) electrons. The van der Waals surface area contributed by atoms with Crippen LogP contribution in [0.4, 0.5) is 0 Å². The molecule has 0 bridgehead atoms. The van der Waals surface area contributed by atoms with Gasteiger partial charge in [0.15, 0.2) is 0 Å². The lowest BCUT2D eigenvalue weighted by Crippen LogP contribution is -2.22. The average Bonchev–Trinajstić information content (AvgIpc) is 2.67. The van der Waals surface area contributed by atoms with Crippen molar-refractivity contribution < 1.29 is 4.74 Å². The van der Waals surface area contributed by atoms with E-state index in [4.69, 9.17) is 10.5 Å². The molecule has 1 rings (SSSR count). The van der Waals surface area contributed by atoms with Gasteiger partial charge >= 0.3 is 0 Å². The molecule has 1 atom stereocenters. The summed E-state index contributed by atoms with van der Waals surface area (Å²) in [5.74, 6) is 0.951. The molecule has 60 valence electrons. The van der Waals surface area contributed by atoms with Gasteiger partial charge in [-0.25, -0.2) is 0 Å². The van der Waals surface area contributed by atoms with Crippen LogP contribution in [0.3, 0.4) is 0 Å². The SMILES string of the molecule is COCCC(N)CC1CC1. The second-order valence-corrected chi connectivity index (χ2v) is 3.22. The van der Waals surface area contributed by atoms with Crippen molar-refractivity contribution in [2.45, 2.75) is 31.7 Å². The van der Waals surface area contributed by atoms with Gasteiger partial charge < -0.3 is 10.5 Å². The zero-order valence-electron chi connectivity index (χ0n) is 6.68. The molecule has 0 aromatic carbocycles. The summed E-state index contributed by atoms with van der Waals surface area (Å²) < 4.78 is 4.93. The third-order valence-electron chi connectivity index (χ3n) is 2.03. The molecule has 1 aliphatic carbocycles. The Kier molecular flexibility index (Phi) is 3.16. The highest BCUT2D eigenvalue weighted by molar-refractivity contribution is 4.78. The van der Waals surface area contributed by atoms with Gasteiger partial charge in [0.2, 0.25) is 0 Å². The molecule has 1 fully saturated rings. The van der Waals surface area contributed by atoms with Crippen molar-refractivity contribution in [3.8, 4) is 0 Å². The normalized spacial score (nSPS) is 21.0. The molecule has 2 nitrogen and oxygen atoms in total. The Balaban J connectivity index is 1.91. The molecule has 1 unspecified atom stereocenters. The third kappa shape index (κ3) is 3.18. The van der Waals surface area contributed by atoms with E-state index in [0.717, 1.165) is 18.9 Å². The molecule has 0 saturated heterocycles. The topological polar surface area (TPSA) is 35.2 Å². The fourth-order valence-corrected chi connectivity index (χ4v) is 1.17. The Bertz CT molecular complexity index is 91.3. The molecule has 0 aliphatic heterocycles. The smallest absolute Gasteiger partial charge is 0.0477 e. The summed E-state index contributed by atoms with van der Waals surface area (Å²) in [4.78, 5) is 0. The monoisotopic (exact) mass is 143 g/mol. The highest BCUT2D eigenvalue weighted by atomic mass is 16.5. The van der Waals surface area contributed by atoms with Crippen molar-refractivity contribution >= 4 is 0 Å². The van der Waals surface area contributed by atoms with E-state index in [0.29, 0.717) is 6.04 Å². The van der Waals surface area contributed by atoms with Crippen LogP contribution in [-0.4, -0.2) is 19.8 Å². The molecule has 10 heavy (non-hydrogen) atoms. The van der Waals surface area contributed by atoms with Crippen LogP contribution in [0.1, 0.15) is 25.7 Å². The van der Waals surface area contributed by atoms with E-state index in [1.165, 1.54) is 19.3 Å². The van der Waals surface area contributed by atoms with Crippen molar-refractivity contribution in [3.63, 3.8) is 0 Å². The minimum Gasteiger partial charge on any atom is -0.385 e. The first-order chi connectivity index (χ1) is 4.83. The van der Waals surface area contributed by atoms with Crippen LogP contribution in [-0.2, 0) is 4.74 Å². The van der Waals surface area contributed by atoms with Crippen molar-refractivity contribution in [2.75, 3.05) is 13.7 Å². The summed E-state index contributed by atoms with van der Waals surface area (Å²) in [5.41, 5.74) is 5.82. The van der Waals surface area contributed by atoms with Crippen LogP contribution in [0.25, 0.3) is 0 Å². The van der Waals surface area contributed by atoms with Gasteiger partial charge in [0.1, 0.15) is 0 Å². The summed E-state index contributed by atoms with van der Waals surface area (Å²) in [6, 6.07) is 0.382. The van der Waals surface area contributed by atoms with Crippen LogP contribution >= 0.6 is 0 Å². The lowest BCUT2D eigenvalue weighted by atomic mass is 10.1. The van der Waals surface area contributed by atoms with E-state index >= 15 is 0 Å². The van der Waals surface area contributed by atoms with Crippen molar-refractivity contribution in [1.29, 1.82) is 0 Å². The fraction of sp³-hybridized carbons (Fsp3) is 1.00. The van der Waals surface area contributed by atoms with Crippen LogP contribution in [0.2, 0.25) is 0 Å². The van der Waals surface area contributed by atoms with Gasteiger partial charge in [0, 0.05) is 19.8 Å². The number of hydrogen-bond acceptors (Lipinski definition) is 2. The lowest BCUT2D eigenvalue weighted by molar-refractivity contribution is 0.186. The molecule has 1 aliphatic rings. The molecule has 0 aromatic heterocycles. The summed E-state index contributed by atoms with van der Waals surface area (Å²) >= 11 is 0. The van der Waals surface area contributed by atoms with Gasteiger partial charge in [-0.15, -0.1) is 0 Å². The molecule has 0 amide bonds. The predicted octanol–water partition coefficient (Wildman–Crippen LogP) is 1.15. The first-order valence-electron chi connectivity index (χ1n) is 4.07. The second kappa shape index (κ2) is 3.94. The molecule has 0 spiro atoms. The zero-order chi connectivity index (χ0) is 7.40. The van der Waals surface area contributed by atoms with E-state index in [-0.39, 0.29) is 0 Å². The van der Waals surface area contributed by atoms with Crippen molar-refractivity contribution in [3.05, 3.63) is 0 Å². The van der Waals surface area contributed by atoms with Crippen LogP contribution < -0.4 is 5.73 Å². The molecule has 1 saturated carbocycles. The number of hydrogen-bond donors (Lipinski definition) is 1. The second-order valence-electron chi connectivity index (χ2n) is 3.22. The quantitative estimate of drug-likeness (QED) is 0.626. The maximum absolute atomic E-state index is 5.82. The van der Waals surface area contributed by atoms with Gasteiger partial charge in [-0.1, -0.05) is 12.8 Å². The number of methoxy groups -OCH3 is 1. The molecule has 2 heteroatoms. The van der Waals surface area contributed by atoms with Gasteiger partial charge in [-0.3, -0.25) is 0 Å². The number of ether oxygens (including phenoxy) is 1. The van der Waals surface area contributed by atoms with Crippen LogP contribution in [0.5, 0.6) is 0 Å². The Morgan fingerprint density at radius 3 is 2.80 bits per heavy atom. The Morgan fingerprint density at radius 1 is 1.60 bits per heavy atom. The lowest BCUT2D eigenvalue weighted by Gasteiger charge is -2.08. The van der Waals surface area contributed by atoms with E-state index < -0.39 is 0 Å². The summed E-state index contributed by atoms with van der Waals surface area (Å²) in [6.07, 6.45) is 5.04. The molecule has 2 N–H and O–H groups in total. The highest BCUT2D eigenvalue weighted by Gasteiger charge is 2.23. The van der Waals surface area contributed by atoms with E-state index in [1.807, 2.05) is 0 Å². The summed E-state index contributed by atoms with van der Waals surface area (Å²) in [5, 5.41) is 0. The van der Waals surface area contributed by atoms with Crippen molar-refractivity contribution in [1.82, 2.24) is 0 Å². The maximum Gasteiger partial charge on any atom is 0.0477 e.